The van der Waals surface area contributed by atoms with Gasteiger partial charge in [-0.25, -0.2) is 4.79 Å². The molecule has 0 fully saturated rings. The molecule has 1 aliphatic heterocycles. The molecule has 0 unspecified atom stereocenters. The van der Waals surface area contributed by atoms with E-state index in [-0.39, 0.29) is 5.63 Å². The summed E-state index contributed by atoms with van der Waals surface area (Å²) in [5.41, 5.74) is 3.43. The normalized spacial score (nSPS) is 13.8. The van der Waals surface area contributed by atoms with Crippen LogP contribution in [0.15, 0.2) is 33.5 Å². The Bertz CT molecular complexity index is 1150. The van der Waals surface area contributed by atoms with Crippen molar-refractivity contribution >= 4 is 22.6 Å². The summed E-state index contributed by atoms with van der Waals surface area (Å²) in [6.07, 6.45) is 0. The zero-order valence-corrected chi connectivity index (χ0v) is 17.6. The number of aryl methyl sites for hydroxylation is 1. The van der Waals surface area contributed by atoms with Gasteiger partial charge in [0.2, 0.25) is 0 Å². The van der Waals surface area contributed by atoms with Gasteiger partial charge in [-0.2, -0.15) is 0 Å². The van der Waals surface area contributed by atoms with Gasteiger partial charge in [0.1, 0.15) is 29.6 Å². The van der Waals surface area contributed by atoms with Crippen LogP contribution in [0, 0.1) is 13.8 Å². The molecule has 0 saturated carbocycles. The first-order valence-corrected chi connectivity index (χ1v) is 9.62. The molecule has 2 heterocycles. The average Bonchev–Trinajstić information content (AvgIpc) is 2.73. The lowest BCUT2D eigenvalue weighted by molar-refractivity contribution is 0.0883. The number of ether oxygens (including phenoxy) is 3. The summed E-state index contributed by atoms with van der Waals surface area (Å²) in [5, 5.41) is 1.35. The lowest BCUT2D eigenvalue weighted by atomic mass is 10.0. The number of halogens is 1. The third kappa shape index (κ3) is 3.43. The summed E-state index contributed by atoms with van der Waals surface area (Å²) in [5.74, 6) is 2.05. The maximum atomic E-state index is 12.3. The second-order valence-electron chi connectivity index (χ2n) is 7.12. The zero-order chi connectivity index (χ0) is 20.7. The van der Waals surface area contributed by atoms with E-state index >= 15 is 0 Å². The smallest absolute Gasteiger partial charge is 0.339 e. The quantitative estimate of drug-likeness (QED) is 0.587. The van der Waals surface area contributed by atoms with Crippen molar-refractivity contribution in [1.82, 2.24) is 4.90 Å². The van der Waals surface area contributed by atoms with Crippen molar-refractivity contribution in [3.63, 3.8) is 0 Å². The van der Waals surface area contributed by atoms with Gasteiger partial charge in [-0.15, -0.1) is 0 Å². The van der Waals surface area contributed by atoms with Crippen molar-refractivity contribution in [2.45, 2.75) is 26.9 Å². The monoisotopic (exact) mass is 415 g/mol. The third-order valence-corrected chi connectivity index (χ3v) is 5.69. The molecule has 29 heavy (non-hydrogen) atoms. The standard InChI is InChI=1S/C22H22ClNO5/c1-12-13(2)22(25)29-20-16(12)8-18(23)21-17(20)10-24(11-28-21)9-14-5-6-15(26-3)7-19(14)27-4/h5-8H,9-11H2,1-4H3. The molecule has 0 atom stereocenters. The molecule has 1 aromatic heterocycles. The Kier molecular flexibility index (Phi) is 5.15. The Labute approximate surface area is 173 Å². The number of hydrogen-bond donors (Lipinski definition) is 0. The molecule has 2 aromatic carbocycles. The Balaban J connectivity index is 1.73. The van der Waals surface area contributed by atoms with E-state index in [1.807, 2.05) is 31.2 Å². The highest BCUT2D eigenvalue weighted by molar-refractivity contribution is 6.33. The van der Waals surface area contributed by atoms with Crippen LogP contribution >= 0.6 is 11.6 Å². The number of fused-ring (bicyclic) bond motifs is 3. The molecule has 0 spiro atoms. The number of hydrogen-bond acceptors (Lipinski definition) is 6. The summed E-state index contributed by atoms with van der Waals surface area (Å²) in [6, 6.07) is 7.53. The highest BCUT2D eigenvalue weighted by atomic mass is 35.5. The highest BCUT2D eigenvalue weighted by Crippen LogP contribution is 2.40. The minimum Gasteiger partial charge on any atom is -0.497 e. The van der Waals surface area contributed by atoms with E-state index < -0.39 is 0 Å². The molecular formula is C22H22ClNO5. The van der Waals surface area contributed by atoms with Crippen molar-refractivity contribution in [2.24, 2.45) is 0 Å². The molecule has 0 amide bonds. The SMILES string of the molecule is COc1ccc(CN2COc3c(Cl)cc4c(C)c(C)c(=O)oc4c3C2)c(OC)c1. The van der Waals surface area contributed by atoms with Crippen LogP contribution in [-0.4, -0.2) is 25.9 Å². The summed E-state index contributed by atoms with van der Waals surface area (Å²) in [4.78, 5) is 14.4. The predicted octanol–water partition coefficient (Wildman–Crippen LogP) is 4.43. The average molecular weight is 416 g/mol. The van der Waals surface area contributed by atoms with Gasteiger partial charge < -0.3 is 18.6 Å². The number of benzene rings is 2. The van der Waals surface area contributed by atoms with Crippen molar-refractivity contribution in [3.05, 3.63) is 62.0 Å². The minimum atomic E-state index is -0.339. The summed E-state index contributed by atoms with van der Waals surface area (Å²) < 4.78 is 22.4. The third-order valence-electron chi connectivity index (χ3n) is 5.41. The molecule has 0 radical (unpaired) electrons. The Hall–Kier alpha value is -2.70. The lowest BCUT2D eigenvalue weighted by Crippen LogP contribution is -2.32. The fraction of sp³-hybridized carbons (Fsp3) is 0.318. The molecule has 0 N–H and O–H groups in total. The molecule has 6 nitrogen and oxygen atoms in total. The van der Waals surface area contributed by atoms with Crippen molar-refractivity contribution in [3.8, 4) is 17.2 Å². The van der Waals surface area contributed by atoms with Gasteiger partial charge in [-0.1, -0.05) is 17.7 Å². The molecule has 0 bridgehead atoms. The van der Waals surface area contributed by atoms with E-state index in [1.165, 1.54) is 0 Å². The fourth-order valence-corrected chi connectivity index (χ4v) is 3.91. The van der Waals surface area contributed by atoms with E-state index in [4.69, 9.17) is 30.2 Å². The zero-order valence-electron chi connectivity index (χ0n) is 16.8. The van der Waals surface area contributed by atoms with Gasteiger partial charge >= 0.3 is 5.63 Å². The van der Waals surface area contributed by atoms with E-state index in [9.17, 15) is 4.79 Å². The molecule has 0 aliphatic carbocycles. The fourth-order valence-electron chi connectivity index (χ4n) is 3.64. The predicted molar refractivity (Wildman–Crippen MR) is 111 cm³/mol. The van der Waals surface area contributed by atoms with Crippen LogP contribution < -0.4 is 19.8 Å². The Morgan fingerprint density at radius 2 is 1.93 bits per heavy atom. The van der Waals surface area contributed by atoms with Crippen LogP contribution in [0.25, 0.3) is 11.0 Å². The van der Waals surface area contributed by atoms with Crippen molar-refractivity contribution < 1.29 is 18.6 Å². The second kappa shape index (κ2) is 7.61. The van der Waals surface area contributed by atoms with Crippen LogP contribution in [0.5, 0.6) is 17.2 Å². The molecule has 0 saturated heterocycles. The summed E-state index contributed by atoms with van der Waals surface area (Å²) in [6.45, 7) is 5.15. The molecule has 4 rings (SSSR count). The number of methoxy groups -OCH3 is 2. The molecule has 1 aliphatic rings. The van der Waals surface area contributed by atoms with Crippen LogP contribution in [0.4, 0.5) is 0 Å². The molecule has 7 heteroatoms. The maximum absolute atomic E-state index is 12.3. The van der Waals surface area contributed by atoms with E-state index in [0.29, 0.717) is 41.7 Å². The largest absolute Gasteiger partial charge is 0.497 e. The van der Waals surface area contributed by atoms with Gasteiger partial charge in [0.15, 0.2) is 0 Å². The van der Waals surface area contributed by atoms with Gasteiger partial charge in [0, 0.05) is 35.7 Å². The number of rotatable bonds is 4. The first-order chi connectivity index (χ1) is 13.9. The van der Waals surface area contributed by atoms with Gasteiger partial charge in [0.05, 0.1) is 24.8 Å². The first-order valence-electron chi connectivity index (χ1n) is 9.24. The molecule has 3 aromatic rings. The minimum absolute atomic E-state index is 0.339. The van der Waals surface area contributed by atoms with E-state index in [0.717, 1.165) is 33.6 Å². The van der Waals surface area contributed by atoms with Crippen LogP contribution in [-0.2, 0) is 13.1 Å². The molecular weight excluding hydrogens is 394 g/mol. The lowest BCUT2D eigenvalue weighted by Gasteiger charge is -2.30. The van der Waals surface area contributed by atoms with E-state index in [1.54, 1.807) is 21.1 Å². The summed E-state index contributed by atoms with van der Waals surface area (Å²) >= 11 is 6.48. The van der Waals surface area contributed by atoms with Gasteiger partial charge in [-0.3, -0.25) is 4.90 Å². The van der Waals surface area contributed by atoms with Crippen molar-refractivity contribution in [1.29, 1.82) is 0 Å². The van der Waals surface area contributed by atoms with Gasteiger partial charge in [0.25, 0.3) is 0 Å². The topological polar surface area (TPSA) is 61.1 Å². The van der Waals surface area contributed by atoms with Gasteiger partial charge in [-0.05, 0) is 31.5 Å². The first kappa shape index (κ1) is 19.6. The Morgan fingerprint density at radius 1 is 1.14 bits per heavy atom. The van der Waals surface area contributed by atoms with Crippen LogP contribution in [0.2, 0.25) is 5.02 Å². The van der Waals surface area contributed by atoms with Crippen LogP contribution in [0.3, 0.4) is 0 Å². The maximum Gasteiger partial charge on any atom is 0.339 e. The Morgan fingerprint density at radius 3 is 2.66 bits per heavy atom. The number of nitrogens with zero attached hydrogens (tertiary/aromatic N) is 1. The summed E-state index contributed by atoms with van der Waals surface area (Å²) in [7, 11) is 3.25. The highest BCUT2D eigenvalue weighted by Gasteiger charge is 2.26. The molecule has 152 valence electrons. The van der Waals surface area contributed by atoms with E-state index in [2.05, 4.69) is 4.90 Å². The van der Waals surface area contributed by atoms with Crippen LogP contribution in [0.1, 0.15) is 22.3 Å². The van der Waals surface area contributed by atoms with Crippen molar-refractivity contribution in [2.75, 3.05) is 21.0 Å². The second-order valence-corrected chi connectivity index (χ2v) is 7.53.